The van der Waals surface area contributed by atoms with Crippen LogP contribution in [0.3, 0.4) is 0 Å². The molecule has 0 saturated heterocycles. The minimum atomic E-state index is 0.669. The highest BCUT2D eigenvalue weighted by atomic mass is 16.5. The summed E-state index contributed by atoms with van der Waals surface area (Å²) in [6.07, 6.45) is 5.19. The van der Waals surface area contributed by atoms with Gasteiger partial charge in [0, 0.05) is 37.7 Å². The van der Waals surface area contributed by atoms with E-state index >= 15 is 0 Å². The Hall–Kier alpha value is -1.78. The van der Waals surface area contributed by atoms with Crippen LogP contribution in [-0.4, -0.2) is 16.6 Å². The number of nitrogens with zero attached hydrogens (tertiary/aromatic N) is 2. The van der Waals surface area contributed by atoms with Crippen LogP contribution in [0.5, 0.6) is 0 Å². The predicted octanol–water partition coefficient (Wildman–Crippen LogP) is 2.30. The molecule has 0 unspecified atom stereocenters. The molecule has 1 aromatic heterocycles. The van der Waals surface area contributed by atoms with Crippen molar-refractivity contribution in [3.05, 3.63) is 59.7 Å². The van der Waals surface area contributed by atoms with Crippen LogP contribution in [0.4, 0.5) is 0 Å². The summed E-state index contributed by atoms with van der Waals surface area (Å²) in [5.41, 5.74) is 3.60. The van der Waals surface area contributed by atoms with Crippen LogP contribution in [0, 0.1) is 0 Å². The normalized spacial score (nSPS) is 10.6. The molecule has 0 aliphatic rings. The molecule has 1 heterocycles. The van der Waals surface area contributed by atoms with Crippen molar-refractivity contribution in [1.82, 2.24) is 15.3 Å². The van der Waals surface area contributed by atoms with Gasteiger partial charge >= 0.3 is 0 Å². The maximum atomic E-state index is 5.48. The monoisotopic (exact) mass is 257 g/mol. The van der Waals surface area contributed by atoms with Crippen LogP contribution in [-0.2, 0) is 24.4 Å². The second-order valence-electron chi connectivity index (χ2n) is 4.26. The average molecular weight is 257 g/mol. The van der Waals surface area contributed by atoms with Crippen molar-refractivity contribution in [2.24, 2.45) is 0 Å². The first-order chi connectivity index (χ1) is 9.40. The summed E-state index contributed by atoms with van der Waals surface area (Å²) in [7, 11) is 0. The van der Waals surface area contributed by atoms with Gasteiger partial charge in [-0.3, -0.25) is 0 Å². The Balaban J connectivity index is 1.88. The highest BCUT2D eigenvalue weighted by Gasteiger charge is 2.01. The van der Waals surface area contributed by atoms with Gasteiger partial charge in [0.15, 0.2) is 0 Å². The highest BCUT2D eigenvalue weighted by molar-refractivity contribution is 5.26. The zero-order valence-corrected chi connectivity index (χ0v) is 11.2. The van der Waals surface area contributed by atoms with Gasteiger partial charge in [0.1, 0.15) is 6.33 Å². The van der Waals surface area contributed by atoms with E-state index in [0.29, 0.717) is 6.61 Å². The summed E-state index contributed by atoms with van der Waals surface area (Å²) >= 11 is 0. The van der Waals surface area contributed by atoms with Crippen LogP contribution < -0.4 is 5.32 Å². The van der Waals surface area contributed by atoms with Crippen LogP contribution in [0.2, 0.25) is 0 Å². The van der Waals surface area contributed by atoms with Crippen molar-refractivity contribution >= 4 is 0 Å². The van der Waals surface area contributed by atoms with Crippen molar-refractivity contribution in [2.45, 2.75) is 26.6 Å². The summed E-state index contributed by atoms with van der Waals surface area (Å²) in [6.45, 7) is 5.00. The molecule has 0 atom stereocenters. The van der Waals surface area contributed by atoms with Gasteiger partial charge in [-0.2, -0.15) is 0 Å². The first-order valence-corrected chi connectivity index (χ1v) is 6.49. The van der Waals surface area contributed by atoms with E-state index in [4.69, 9.17) is 4.74 Å². The molecule has 0 saturated carbocycles. The second kappa shape index (κ2) is 7.61. The summed E-state index contributed by atoms with van der Waals surface area (Å²) in [4.78, 5) is 7.99. The highest BCUT2D eigenvalue weighted by Crippen LogP contribution is 2.10. The largest absolute Gasteiger partial charge is 0.377 e. The van der Waals surface area contributed by atoms with Crippen LogP contribution in [0.25, 0.3) is 0 Å². The molecular weight excluding hydrogens is 238 g/mol. The second-order valence-corrected chi connectivity index (χ2v) is 4.26. The lowest BCUT2D eigenvalue weighted by Gasteiger charge is -2.10. The zero-order valence-electron chi connectivity index (χ0n) is 11.2. The molecule has 2 rings (SSSR count). The summed E-state index contributed by atoms with van der Waals surface area (Å²) in [5.74, 6) is 0. The standard InChI is InChI=1S/C15H19N3O/c1-2-19-11-15-6-4-3-5-14(15)10-16-7-13-8-17-12-18-9-13/h3-6,8-9,12,16H,2,7,10-11H2,1H3. The van der Waals surface area contributed by atoms with Gasteiger partial charge in [-0.15, -0.1) is 0 Å². The van der Waals surface area contributed by atoms with Gasteiger partial charge < -0.3 is 10.1 Å². The van der Waals surface area contributed by atoms with E-state index in [9.17, 15) is 0 Å². The van der Waals surface area contributed by atoms with Gasteiger partial charge in [-0.05, 0) is 18.1 Å². The molecule has 0 fully saturated rings. The van der Waals surface area contributed by atoms with E-state index in [-0.39, 0.29) is 0 Å². The number of hydrogen-bond acceptors (Lipinski definition) is 4. The van der Waals surface area contributed by atoms with Crippen molar-refractivity contribution in [1.29, 1.82) is 0 Å². The van der Waals surface area contributed by atoms with E-state index in [1.54, 1.807) is 6.33 Å². The molecule has 0 amide bonds. The minimum absolute atomic E-state index is 0.669. The Kier molecular flexibility index (Phi) is 5.47. The predicted molar refractivity (Wildman–Crippen MR) is 74.3 cm³/mol. The lowest BCUT2D eigenvalue weighted by Crippen LogP contribution is -2.14. The molecule has 4 heteroatoms. The fraction of sp³-hybridized carbons (Fsp3) is 0.333. The quantitative estimate of drug-likeness (QED) is 0.827. The molecule has 0 spiro atoms. The number of benzene rings is 1. The third-order valence-corrected chi connectivity index (χ3v) is 2.84. The first kappa shape index (κ1) is 13.6. The number of hydrogen-bond donors (Lipinski definition) is 1. The smallest absolute Gasteiger partial charge is 0.115 e. The van der Waals surface area contributed by atoms with Crippen molar-refractivity contribution in [3.63, 3.8) is 0 Å². The van der Waals surface area contributed by atoms with Crippen LogP contribution >= 0.6 is 0 Å². The molecule has 19 heavy (non-hydrogen) atoms. The summed E-state index contributed by atoms with van der Waals surface area (Å²) in [5, 5.41) is 3.40. The van der Waals surface area contributed by atoms with Crippen molar-refractivity contribution in [3.8, 4) is 0 Å². The summed E-state index contributed by atoms with van der Waals surface area (Å²) < 4.78 is 5.48. The Morgan fingerprint density at radius 1 is 1.05 bits per heavy atom. The van der Waals surface area contributed by atoms with E-state index in [0.717, 1.165) is 25.3 Å². The Bertz CT molecular complexity index is 488. The van der Waals surface area contributed by atoms with Crippen molar-refractivity contribution in [2.75, 3.05) is 6.61 Å². The fourth-order valence-corrected chi connectivity index (χ4v) is 1.85. The molecule has 0 aliphatic heterocycles. The van der Waals surface area contributed by atoms with Gasteiger partial charge in [0.05, 0.1) is 6.61 Å². The molecular formula is C15H19N3O. The minimum Gasteiger partial charge on any atom is -0.377 e. The molecule has 4 nitrogen and oxygen atoms in total. The SMILES string of the molecule is CCOCc1ccccc1CNCc1cncnc1. The molecule has 2 aromatic rings. The van der Waals surface area contributed by atoms with E-state index < -0.39 is 0 Å². The third-order valence-electron chi connectivity index (χ3n) is 2.84. The van der Waals surface area contributed by atoms with Gasteiger partial charge in [-0.25, -0.2) is 9.97 Å². The molecule has 0 bridgehead atoms. The zero-order chi connectivity index (χ0) is 13.3. The fourth-order valence-electron chi connectivity index (χ4n) is 1.85. The summed E-state index contributed by atoms with van der Waals surface area (Å²) in [6, 6.07) is 8.34. The van der Waals surface area contributed by atoms with Crippen LogP contribution in [0.1, 0.15) is 23.6 Å². The number of ether oxygens (including phenoxy) is 1. The third kappa shape index (κ3) is 4.43. The van der Waals surface area contributed by atoms with E-state index in [2.05, 4.69) is 33.5 Å². The number of nitrogens with one attached hydrogen (secondary N) is 1. The topological polar surface area (TPSA) is 47.0 Å². The molecule has 1 aromatic carbocycles. The molecule has 0 aliphatic carbocycles. The molecule has 0 radical (unpaired) electrons. The number of rotatable bonds is 7. The Morgan fingerprint density at radius 3 is 2.53 bits per heavy atom. The van der Waals surface area contributed by atoms with Crippen molar-refractivity contribution < 1.29 is 4.74 Å². The van der Waals surface area contributed by atoms with E-state index in [1.807, 2.05) is 25.4 Å². The lowest BCUT2D eigenvalue weighted by molar-refractivity contribution is 0.133. The molecule has 100 valence electrons. The Morgan fingerprint density at radius 2 is 1.79 bits per heavy atom. The maximum Gasteiger partial charge on any atom is 0.115 e. The van der Waals surface area contributed by atoms with E-state index in [1.165, 1.54) is 11.1 Å². The van der Waals surface area contributed by atoms with Gasteiger partial charge in [-0.1, -0.05) is 24.3 Å². The Labute approximate surface area is 113 Å². The lowest BCUT2D eigenvalue weighted by atomic mass is 10.1. The number of aromatic nitrogens is 2. The first-order valence-electron chi connectivity index (χ1n) is 6.49. The maximum absolute atomic E-state index is 5.48. The molecule has 1 N–H and O–H groups in total. The average Bonchev–Trinajstić information content (AvgIpc) is 2.47. The van der Waals surface area contributed by atoms with Gasteiger partial charge in [0.25, 0.3) is 0 Å². The van der Waals surface area contributed by atoms with Crippen LogP contribution in [0.15, 0.2) is 43.0 Å². The van der Waals surface area contributed by atoms with Gasteiger partial charge in [0.2, 0.25) is 0 Å².